The van der Waals surface area contributed by atoms with E-state index in [1.165, 1.54) is 0 Å². The van der Waals surface area contributed by atoms with Crippen LogP contribution in [0.1, 0.15) is 13.8 Å². The number of epoxide rings is 1. The second kappa shape index (κ2) is 3.00. The second-order valence-electron chi connectivity index (χ2n) is 3.55. The highest BCUT2D eigenvalue weighted by molar-refractivity contribution is 4.95. The fourth-order valence-electron chi connectivity index (χ4n) is 0.869. The Hall–Kier alpha value is -0.500. The first-order chi connectivity index (χ1) is 6.41. The molecule has 0 saturated carbocycles. The molecule has 1 aliphatic rings. The van der Waals surface area contributed by atoms with Crippen LogP contribution >= 0.6 is 0 Å². The maximum Gasteiger partial charge on any atom is 0.426 e. The lowest BCUT2D eigenvalue weighted by atomic mass is 10.1. The van der Waals surface area contributed by atoms with Gasteiger partial charge >= 0.3 is 12.4 Å². The van der Waals surface area contributed by atoms with Crippen molar-refractivity contribution in [3.63, 3.8) is 0 Å². The van der Waals surface area contributed by atoms with Crippen LogP contribution < -0.4 is 0 Å². The van der Waals surface area contributed by atoms with E-state index in [0.717, 1.165) is 6.92 Å². The molecule has 1 rings (SSSR count). The van der Waals surface area contributed by atoms with Gasteiger partial charge in [0.2, 0.25) is 0 Å². The SMILES string of the molecule is CC1(OC(C)(C(F)(F)F)C(F)(F)F)CO1. The Balaban J connectivity index is 2.97. The molecule has 0 N–H and O–H groups in total. The second-order valence-corrected chi connectivity index (χ2v) is 3.55. The summed E-state index contributed by atoms with van der Waals surface area (Å²) in [6.45, 7) is 0.678. The zero-order valence-electron chi connectivity index (χ0n) is 7.79. The molecular formula is C7H8F6O2. The molecule has 0 aliphatic carbocycles. The number of rotatable bonds is 2. The summed E-state index contributed by atoms with van der Waals surface area (Å²) in [6, 6.07) is 0. The largest absolute Gasteiger partial charge is 0.426 e. The molecule has 90 valence electrons. The lowest BCUT2D eigenvalue weighted by Gasteiger charge is -2.34. The zero-order valence-corrected chi connectivity index (χ0v) is 7.79. The molecule has 1 atom stereocenters. The van der Waals surface area contributed by atoms with E-state index in [-0.39, 0.29) is 13.5 Å². The minimum absolute atomic E-state index is 0.0556. The van der Waals surface area contributed by atoms with Gasteiger partial charge in [-0.1, -0.05) is 0 Å². The molecule has 15 heavy (non-hydrogen) atoms. The normalized spacial score (nSPS) is 28.0. The predicted octanol–water partition coefficient (Wildman–Crippen LogP) is 2.63. The first-order valence-corrected chi connectivity index (χ1v) is 3.89. The van der Waals surface area contributed by atoms with Crippen molar-refractivity contribution in [3.8, 4) is 0 Å². The molecule has 0 bridgehead atoms. The summed E-state index contributed by atoms with van der Waals surface area (Å²) in [5.74, 6) is -1.79. The molecule has 0 aromatic heterocycles. The van der Waals surface area contributed by atoms with Gasteiger partial charge in [-0.15, -0.1) is 0 Å². The van der Waals surface area contributed by atoms with Crippen molar-refractivity contribution in [3.05, 3.63) is 0 Å². The van der Waals surface area contributed by atoms with E-state index < -0.39 is 23.7 Å². The van der Waals surface area contributed by atoms with Gasteiger partial charge in [-0.2, -0.15) is 26.3 Å². The summed E-state index contributed by atoms with van der Waals surface area (Å²) in [4.78, 5) is 0. The number of alkyl halides is 6. The van der Waals surface area contributed by atoms with Crippen molar-refractivity contribution in [2.45, 2.75) is 37.6 Å². The van der Waals surface area contributed by atoms with Crippen LogP contribution in [0, 0.1) is 0 Å². The van der Waals surface area contributed by atoms with Gasteiger partial charge in [-0.25, -0.2) is 0 Å². The van der Waals surface area contributed by atoms with Crippen LogP contribution in [0.3, 0.4) is 0 Å². The highest BCUT2D eigenvalue weighted by Gasteiger charge is 2.72. The van der Waals surface area contributed by atoms with Crippen molar-refractivity contribution in [2.75, 3.05) is 6.61 Å². The summed E-state index contributed by atoms with van der Waals surface area (Å²) >= 11 is 0. The molecule has 0 aromatic rings. The van der Waals surface area contributed by atoms with Crippen LogP contribution in [-0.4, -0.2) is 30.3 Å². The molecule has 1 unspecified atom stereocenters. The van der Waals surface area contributed by atoms with Crippen LogP contribution in [0.5, 0.6) is 0 Å². The molecular weight excluding hydrogens is 230 g/mol. The molecule has 1 aliphatic heterocycles. The summed E-state index contributed by atoms with van der Waals surface area (Å²) in [7, 11) is 0. The maximum atomic E-state index is 12.3. The van der Waals surface area contributed by atoms with Crippen LogP contribution in [0.2, 0.25) is 0 Å². The third-order valence-electron chi connectivity index (χ3n) is 2.05. The third kappa shape index (κ3) is 2.20. The monoisotopic (exact) mass is 238 g/mol. The van der Waals surface area contributed by atoms with Gasteiger partial charge in [0, 0.05) is 0 Å². The van der Waals surface area contributed by atoms with Crippen molar-refractivity contribution in [1.29, 1.82) is 0 Å². The van der Waals surface area contributed by atoms with E-state index in [9.17, 15) is 26.3 Å². The summed E-state index contributed by atoms with van der Waals surface area (Å²) in [5.41, 5.74) is -4.20. The fraction of sp³-hybridized carbons (Fsp3) is 1.00. The lowest BCUT2D eigenvalue weighted by molar-refractivity contribution is -0.392. The Morgan fingerprint density at radius 3 is 1.60 bits per heavy atom. The number of halogens is 6. The Labute approximate surface area is 81.1 Å². The Kier molecular flexibility index (Phi) is 2.52. The van der Waals surface area contributed by atoms with Gasteiger partial charge in [-0.05, 0) is 13.8 Å². The van der Waals surface area contributed by atoms with Gasteiger partial charge in [0.25, 0.3) is 5.60 Å². The molecule has 1 saturated heterocycles. The van der Waals surface area contributed by atoms with Crippen LogP contribution in [0.25, 0.3) is 0 Å². The fourth-order valence-corrected chi connectivity index (χ4v) is 0.869. The van der Waals surface area contributed by atoms with E-state index in [2.05, 4.69) is 9.47 Å². The van der Waals surface area contributed by atoms with Crippen LogP contribution in [0.4, 0.5) is 26.3 Å². The minimum atomic E-state index is -5.54. The van der Waals surface area contributed by atoms with E-state index in [4.69, 9.17) is 0 Å². The van der Waals surface area contributed by atoms with Crippen molar-refractivity contribution < 1.29 is 35.8 Å². The van der Waals surface area contributed by atoms with Gasteiger partial charge in [0.05, 0.1) is 0 Å². The van der Waals surface area contributed by atoms with Crippen molar-refractivity contribution in [2.24, 2.45) is 0 Å². The molecule has 2 nitrogen and oxygen atoms in total. The van der Waals surface area contributed by atoms with Gasteiger partial charge in [0.1, 0.15) is 6.61 Å². The number of hydrogen-bond acceptors (Lipinski definition) is 2. The highest BCUT2D eigenvalue weighted by atomic mass is 19.4. The number of ether oxygens (including phenoxy) is 2. The molecule has 8 heteroatoms. The van der Waals surface area contributed by atoms with E-state index in [0.29, 0.717) is 0 Å². The number of hydrogen-bond donors (Lipinski definition) is 0. The average molecular weight is 238 g/mol. The highest BCUT2D eigenvalue weighted by Crippen LogP contribution is 2.49. The molecule has 0 amide bonds. The molecule has 1 fully saturated rings. The Morgan fingerprint density at radius 2 is 1.40 bits per heavy atom. The van der Waals surface area contributed by atoms with E-state index >= 15 is 0 Å². The first-order valence-electron chi connectivity index (χ1n) is 3.89. The smallest absolute Gasteiger partial charge is 0.342 e. The molecule has 0 radical (unpaired) electrons. The zero-order chi connectivity index (χ0) is 12.1. The molecule has 0 spiro atoms. The Bertz CT molecular complexity index is 237. The topological polar surface area (TPSA) is 21.8 Å². The van der Waals surface area contributed by atoms with E-state index in [1.807, 2.05) is 0 Å². The lowest BCUT2D eigenvalue weighted by Crippen LogP contribution is -2.58. The standard InChI is InChI=1S/C7H8F6O2/c1-4(3-14-4)15-5(2,6(8,9)10)7(11,12)13/h3H2,1-2H3. The quantitative estimate of drug-likeness (QED) is 0.544. The first kappa shape index (κ1) is 12.6. The van der Waals surface area contributed by atoms with Gasteiger partial charge in [-0.3, -0.25) is 0 Å². The third-order valence-corrected chi connectivity index (χ3v) is 2.05. The van der Waals surface area contributed by atoms with Gasteiger partial charge < -0.3 is 9.47 Å². The van der Waals surface area contributed by atoms with Crippen molar-refractivity contribution >= 4 is 0 Å². The minimum Gasteiger partial charge on any atom is -0.342 e. The van der Waals surface area contributed by atoms with Crippen LogP contribution in [-0.2, 0) is 9.47 Å². The maximum absolute atomic E-state index is 12.3. The predicted molar refractivity (Wildman–Crippen MR) is 36.0 cm³/mol. The average Bonchev–Trinajstić information content (AvgIpc) is 2.62. The van der Waals surface area contributed by atoms with Crippen molar-refractivity contribution in [1.82, 2.24) is 0 Å². The van der Waals surface area contributed by atoms with E-state index in [1.54, 1.807) is 0 Å². The summed E-state index contributed by atoms with van der Waals surface area (Å²) in [5, 5.41) is 0. The van der Waals surface area contributed by atoms with Crippen LogP contribution in [0.15, 0.2) is 0 Å². The molecule has 1 heterocycles. The van der Waals surface area contributed by atoms with Gasteiger partial charge in [0.15, 0.2) is 5.79 Å². The molecule has 0 aromatic carbocycles. The Morgan fingerprint density at radius 1 is 1.07 bits per heavy atom. The summed E-state index contributed by atoms with van der Waals surface area (Å²) in [6.07, 6.45) is -11.1. The summed E-state index contributed by atoms with van der Waals surface area (Å²) < 4.78 is 81.9.